The third kappa shape index (κ3) is 4.82. The molecule has 0 spiro atoms. The monoisotopic (exact) mass is 270 g/mol. The molecule has 19 heavy (non-hydrogen) atoms. The molecule has 5 heteroatoms. The Morgan fingerprint density at radius 2 is 2.00 bits per heavy atom. The molecule has 0 radical (unpaired) electrons. The zero-order valence-corrected chi connectivity index (χ0v) is 12.3. The molecule has 1 N–H and O–H groups in total. The van der Waals surface area contributed by atoms with Crippen molar-refractivity contribution in [1.82, 2.24) is 10.2 Å². The van der Waals surface area contributed by atoms with E-state index in [0.717, 1.165) is 19.3 Å². The first-order valence-corrected chi connectivity index (χ1v) is 7.20. The van der Waals surface area contributed by atoms with Crippen molar-refractivity contribution in [2.45, 2.75) is 58.0 Å². The highest BCUT2D eigenvalue weighted by Gasteiger charge is 2.31. The number of carbonyl (C=O) groups excluding carboxylic acids is 2. The van der Waals surface area contributed by atoms with E-state index in [-0.39, 0.29) is 24.5 Å². The number of ether oxygens (including phenoxy) is 1. The summed E-state index contributed by atoms with van der Waals surface area (Å²) in [6.07, 6.45) is 5.38. The Bertz CT molecular complexity index is 301. The topological polar surface area (TPSA) is 58.6 Å². The first-order valence-electron chi connectivity index (χ1n) is 7.20. The predicted molar refractivity (Wildman–Crippen MR) is 73.7 cm³/mol. The molecule has 0 heterocycles. The minimum atomic E-state index is -0.284. The summed E-state index contributed by atoms with van der Waals surface area (Å²) < 4.78 is 4.74. The Hall–Kier alpha value is -1.10. The molecule has 0 aliphatic heterocycles. The van der Waals surface area contributed by atoms with Crippen molar-refractivity contribution >= 4 is 11.9 Å². The van der Waals surface area contributed by atoms with E-state index >= 15 is 0 Å². The van der Waals surface area contributed by atoms with Crippen LogP contribution in [0.4, 0.5) is 0 Å². The van der Waals surface area contributed by atoms with E-state index in [0.29, 0.717) is 12.6 Å². The molecule has 0 aromatic rings. The van der Waals surface area contributed by atoms with Crippen LogP contribution in [0, 0.1) is 0 Å². The number of nitrogens with zero attached hydrogens (tertiary/aromatic N) is 1. The summed E-state index contributed by atoms with van der Waals surface area (Å²) in [5, 5.41) is 2.89. The highest BCUT2D eigenvalue weighted by atomic mass is 16.5. The number of carbonyl (C=O) groups is 2. The van der Waals surface area contributed by atoms with Crippen molar-refractivity contribution in [2.75, 3.05) is 20.2 Å². The summed E-state index contributed by atoms with van der Waals surface area (Å²) in [6.45, 7) is 4.77. The van der Waals surface area contributed by atoms with Crippen molar-refractivity contribution in [3.05, 3.63) is 0 Å². The lowest BCUT2D eigenvalue weighted by Gasteiger charge is -2.32. The average Bonchev–Trinajstić information content (AvgIpc) is 2.94. The summed E-state index contributed by atoms with van der Waals surface area (Å²) in [7, 11) is 1.39. The van der Waals surface area contributed by atoms with E-state index in [1.54, 1.807) is 0 Å². The van der Waals surface area contributed by atoms with Gasteiger partial charge >= 0.3 is 5.97 Å². The van der Waals surface area contributed by atoms with E-state index in [4.69, 9.17) is 4.74 Å². The molecule has 1 amide bonds. The fourth-order valence-electron chi connectivity index (χ4n) is 2.58. The molecule has 1 aliphatic carbocycles. The Morgan fingerprint density at radius 1 is 1.37 bits per heavy atom. The molecule has 1 rings (SSSR count). The summed E-state index contributed by atoms with van der Waals surface area (Å²) in [5.41, 5.74) is 0. The molecular weight excluding hydrogens is 244 g/mol. The van der Waals surface area contributed by atoms with Crippen LogP contribution in [0.3, 0.4) is 0 Å². The largest absolute Gasteiger partial charge is 0.468 e. The van der Waals surface area contributed by atoms with Gasteiger partial charge in [-0.1, -0.05) is 19.8 Å². The molecule has 5 nitrogen and oxygen atoms in total. The predicted octanol–water partition coefficient (Wildman–Crippen LogP) is 1.32. The Morgan fingerprint density at radius 3 is 2.53 bits per heavy atom. The van der Waals surface area contributed by atoms with Gasteiger partial charge in [0.2, 0.25) is 5.91 Å². The first kappa shape index (κ1) is 16.0. The zero-order chi connectivity index (χ0) is 14.3. The van der Waals surface area contributed by atoms with Gasteiger partial charge in [0.1, 0.15) is 0 Å². The van der Waals surface area contributed by atoms with Crippen LogP contribution in [0.2, 0.25) is 0 Å². The van der Waals surface area contributed by atoms with E-state index in [9.17, 15) is 9.59 Å². The maximum absolute atomic E-state index is 12.1. The summed E-state index contributed by atoms with van der Waals surface area (Å²) in [4.78, 5) is 25.6. The molecule has 1 unspecified atom stereocenters. The summed E-state index contributed by atoms with van der Waals surface area (Å²) in [5.74, 6) is -0.278. The standard InChI is InChI=1S/C14H26N2O3/c1-4-9-15-14(18)11(2)16(10-13(17)19-3)12-7-5-6-8-12/h11-12H,4-10H2,1-3H3,(H,15,18). The number of esters is 1. The number of amides is 1. The second kappa shape index (κ2) is 8.15. The highest BCUT2D eigenvalue weighted by molar-refractivity contribution is 5.82. The molecule has 0 aromatic carbocycles. The van der Waals surface area contributed by atoms with E-state index < -0.39 is 0 Å². The summed E-state index contributed by atoms with van der Waals surface area (Å²) >= 11 is 0. The molecule has 0 saturated heterocycles. The van der Waals surface area contributed by atoms with Crippen LogP contribution in [0.15, 0.2) is 0 Å². The smallest absolute Gasteiger partial charge is 0.319 e. The number of rotatable bonds is 7. The maximum Gasteiger partial charge on any atom is 0.319 e. The van der Waals surface area contributed by atoms with Crippen molar-refractivity contribution in [2.24, 2.45) is 0 Å². The van der Waals surface area contributed by atoms with Crippen molar-refractivity contribution in [3.63, 3.8) is 0 Å². The zero-order valence-electron chi connectivity index (χ0n) is 12.3. The third-order valence-electron chi connectivity index (χ3n) is 3.76. The number of nitrogens with one attached hydrogen (secondary N) is 1. The lowest BCUT2D eigenvalue weighted by Crippen LogP contribution is -2.51. The van der Waals surface area contributed by atoms with Gasteiger partial charge in [0.25, 0.3) is 0 Å². The molecule has 1 saturated carbocycles. The second-order valence-electron chi connectivity index (χ2n) is 5.15. The quantitative estimate of drug-likeness (QED) is 0.709. The maximum atomic E-state index is 12.1. The highest BCUT2D eigenvalue weighted by Crippen LogP contribution is 2.25. The second-order valence-corrected chi connectivity index (χ2v) is 5.15. The van der Waals surface area contributed by atoms with Gasteiger partial charge < -0.3 is 10.1 Å². The molecule has 0 bridgehead atoms. The van der Waals surface area contributed by atoms with Gasteiger partial charge in [-0.05, 0) is 26.2 Å². The number of hydrogen-bond acceptors (Lipinski definition) is 4. The van der Waals surface area contributed by atoms with Crippen molar-refractivity contribution < 1.29 is 14.3 Å². The van der Waals surface area contributed by atoms with Crippen LogP contribution < -0.4 is 5.32 Å². The van der Waals surface area contributed by atoms with Crippen LogP contribution in [-0.4, -0.2) is 49.1 Å². The molecule has 1 fully saturated rings. The minimum Gasteiger partial charge on any atom is -0.468 e. The van der Waals surface area contributed by atoms with Crippen LogP contribution in [0.25, 0.3) is 0 Å². The first-order chi connectivity index (χ1) is 9.10. The summed E-state index contributed by atoms with van der Waals surface area (Å²) in [6, 6.07) is 0.0372. The van der Waals surface area contributed by atoms with E-state index in [1.807, 2.05) is 18.7 Å². The van der Waals surface area contributed by atoms with Gasteiger partial charge in [0.05, 0.1) is 19.7 Å². The molecular formula is C14H26N2O3. The van der Waals surface area contributed by atoms with Crippen LogP contribution in [0.1, 0.15) is 46.0 Å². The van der Waals surface area contributed by atoms with E-state index in [2.05, 4.69) is 5.32 Å². The lowest BCUT2D eigenvalue weighted by molar-refractivity contribution is -0.144. The lowest BCUT2D eigenvalue weighted by atomic mass is 10.1. The van der Waals surface area contributed by atoms with Gasteiger partial charge in [0, 0.05) is 12.6 Å². The number of methoxy groups -OCH3 is 1. The molecule has 1 atom stereocenters. The van der Waals surface area contributed by atoms with Gasteiger partial charge in [-0.15, -0.1) is 0 Å². The van der Waals surface area contributed by atoms with Gasteiger partial charge in [-0.25, -0.2) is 0 Å². The van der Waals surface area contributed by atoms with E-state index in [1.165, 1.54) is 20.0 Å². The Labute approximate surface area is 115 Å². The normalized spacial score (nSPS) is 17.5. The van der Waals surface area contributed by atoms with Crippen LogP contribution in [-0.2, 0) is 14.3 Å². The van der Waals surface area contributed by atoms with Crippen LogP contribution in [0.5, 0.6) is 0 Å². The fourth-order valence-corrected chi connectivity index (χ4v) is 2.58. The number of hydrogen-bond donors (Lipinski definition) is 1. The Balaban J connectivity index is 2.65. The molecule has 110 valence electrons. The molecule has 1 aliphatic rings. The third-order valence-corrected chi connectivity index (χ3v) is 3.76. The minimum absolute atomic E-state index is 0.00217. The van der Waals surface area contributed by atoms with Gasteiger partial charge in [0.15, 0.2) is 0 Å². The average molecular weight is 270 g/mol. The van der Waals surface area contributed by atoms with Gasteiger partial charge in [-0.2, -0.15) is 0 Å². The fraction of sp³-hybridized carbons (Fsp3) is 0.857. The van der Waals surface area contributed by atoms with Crippen molar-refractivity contribution in [3.8, 4) is 0 Å². The van der Waals surface area contributed by atoms with Gasteiger partial charge in [-0.3, -0.25) is 14.5 Å². The Kier molecular flexibility index (Phi) is 6.84. The molecule has 0 aromatic heterocycles. The van der Waals surface area contributed by atoms with Crippen LogP contribution >= 0.6 is 0 Å². The van der Waals surface area contributed by atoms with Crippen molar-refractivity contribution in [1.29, 1.82) is 0 Å². The SMILES string of the molecule is CCCNC(=O)C(C)N(CC(=O)OC)C1CCCC1.